The maximum atomic E-state index is 13.0. The fraction of sp³-hybridized carbons (Fsp3) is 0.250. The average molecular weight is 439 g/mol. The first-order chi connectivity index (χ1) is 15.4. The largest absolute Gasteiger partial charge is 0.451 e. The van der Waals surface area contributed by atoms with Crippen LogP contribution in [0.5, 0.6) is 0 Å². The molecule has 8 heteroatoms. The number of para-hydroxylation sites is 2. The molecular weight excluding hydrogens is 419 g/mol. The van der Waals surface area contributed by atoms with Crippen LogP contribution in [-0.4, -0.2) is 33.9 Å². The summed E-state index contributed by atoms with van der Waals surface area (Å²) < 4.78 is 44.7. The van der Waals surface area contributed by atoms with Crippen LogP contribution in [0.25, 0.3) is 22.4 Å². The van der Waals surface area contributed by atoms with E-state index in [1.54, 1.807) is 4.90 Å². The molecule has 1 atom stereocenters. The van der Waals surface area contributed by atoms with Crippen LogP contribution >= 0.6 is 0 Å². The van der Waals surface area contributed by atoms with Gasteiger partial charge in [-0.1, -0.05) is 24.3 Å². The van der Waals surface area contributed by atoms with Gasteiger partial charge in [0.1, 0.15) is 11.6 Å². The van der Waals surface area contributed by atoms with Gasteiger partial charge in [-0.25, -0.2) is 4.98 Å². The summed E-state index contributed by atoms with van der Waals surface area (Å²) in [5, 5.41) is 0. The summed E-state index contributed by atoms with van der Waals surface area (Å²) in [4.78, 5) is 22.8. The molecule has 1 amide bonds. The lowest BCUT2D eigenvalue weighted by atomic mass is 9.97. The van der Waals surface area contributed by atoms with E-state index in [0.29, 0.717) is 13.1 Å². The molecule has 0 aliphatic carbocycles. The number of rotatable bonds is 3. The number of nitrogens with zero attached hydrogens (tertiary/aromatic N) is 2. The second-order valence-corrected chi connectivity index (χ2v) is 7.97. The summed E-state index contributed by atoms with van der Waals surface area (Å²) in [5.41, 5.74) is 1.37. The molecule has 1 aliphatic heterocycles. The number of imidazole rings is 1. The predicted octanol–water partition coefficient (Wildman–Crippen LogP) is 5.86. The maximum absolute atomic E-state index is 13.0. The number of aromatic amines is 1. The Kier molecular flexibility index (Phi) is 5.00. The SMILES string of the molecule is O=C(c1ccc(-c2cccc(C(F)(F)F)c2)o1)N1CCCC(c2nc3ccccc3[nH]2)C1. The number of alkyl halides is 3. The Bertz CT molecular complexity index is 1240. The first-order valence-electron chi connectivity index (χ1n) is 10.4. The van der Waals surface area contributed by atoms with Crippen LogP contribution in [0.3, 0.4) is 0 Å². The molecule has 3 heterocycles. The quantitative estimate of drug-likeness (QED) is 0.435. The number of carbonyl (C=O) groups excluding carboxylic acids is 1. The lowest BCUT2D eigenvalue weighted by molar-refractivity contribution is -0.137. The van der Waals surface area contributed by atoms with Crippen molar-refractivity contribution in [3.8, 4) is 11.3 Å². The first-order valence-corrected chi connectivity index (χ1v) is 10.4. The number of carbonyl (C=O) groups is 1. The number of halogens is 3. The number of amides is 1. The van der Waals surface area contributed by atoms with Gasteiger partial charge in [0.25, 0.3) is 5.91 Å². The Morgan fingerprint density at radius 2 is 1.94 bits per heavy atom. The molecule has 0 saturated carbocycles. The number of H-pyrrole nitrogens is 1. The van der Waals surface area contributed by atoms with E-state index >= 15 is 0 Å². The molecule has 5 rings (SSSR count). The predicted molar refractivity (Wildman–Crippen MR) is 113 cm³/mol. The summed E-state index contributed by atoms with van der Waals surface area (Å²) in [6.07, 6.45) is -2.70. The van der Waals surface area contributed by atoms with Crippen molar-refractivity contribution >= 4 is 16.9 Å². The van der Waals surface area contributed by atoms with E-state index < -0.39 is 11.7 Å². The van der Waals surface area contributed by atoms with Gasteiger partial charge in [0.2, 0.25) is 0 Å². The van der Waals surface area contributed by atoms with Crippen LogP contribution in [0.4, 0.5) is 13.2 Å². The van der Waals surface area contributed by atoms with Crippen LogP contribution in [0.15, 0.2) is 65.1 Å². The van der Waals surface area contributed by atoms with Crippen molar-refractivity contribution in [1.82, 2.24) is 14.9 Å². The van der Waals surface area contributed by atoms with Gasteiger partial charge in [0.05, 0.1) is 16.6 Å². The number of piperidine rings is 1. The molecule has 0 bridgehead atoms. The highest BCUT2D eigenvalue weighted by molar-refractivity contribution is 5.92. The fourth-order valence-corrected chi connectivity index (χ4v) is 4.16. The zero-order valence-electron chi connectivity index (χ0n) is 17.0. The minimum atomic E-state index is -4.44. The van der Waals surface area contributed by atoms with E-state index in [0.717, 1.165) is 41.8 Å². The number of hydrogen-bond donors (Lipinski definition) is 1. The normalized spacial score (nSPS) is 17.1. The summed E-state index contributed by atoms with van der Waals surface area (Å²) in [5.74, 6) is 1.00. The van der Waals surface area contributed by atoms with E-state index in [9.17, 15) is 18.0 Å². The molecular formula is C24H20F3N3O2. The molecule has 1 aliphatic rings. The fourth-order valence-electron chi connectivity index (χ4n) is 4.16. The Hall–Kier alpha value is -3.55. The second-order valence-electron chi connectivity index (χ2n) is 7.97. The smallest absolute Gasteiger partial charge is 0.416 e. The number of fused-ring (bicyclic) bond motifs is 1. The van der Waals surface area contributed by atoms with Gasteiger partial charge >= 0.3 is 6.18 Å². The molecule has 32 heavy (non-hydrogen) atoms. The number of benzene rings is 2. The van der Waals surface area contributed by atoms with Crippen molar-refractivity contribution in [2.24, 2.45) is 0 Å². The van der Waals surface area contributed by atoms with Gasteiger partial charge in [0.15, 0.2) is 5.76 Å². The minimum absolute atomic E-state index is 0.0815. The topological polar surface area (TPSA) is 62.1 Å². The Morgan fingerprint density at radius 3 is 2.75 bits per heavy atom. The standard InChI is InChI=1S/C24H20F3N3O2/c25-24(26,27)17-7-3-5-15(13-17)20-10-11-21(32-20)23(31)30-12-4-6-16(14-30)22-28-18-8-1-2-9-19(18)29-22/h1-3,5,7-11,13,16H,4,6,12,14H2,(H,28,29). The zero-order valence-corrected chi connectivity index (χ0v) is 17.0. The molecule has 1 saturated heterocycles. The molecule has 1 N–H and O–H groups in total. The van der Waals surface area contributed by atoms with E-state index in [4.69, 9.17) is 4.42 Å². The van der Waals surface area contributed by atoms with Gasteiger partial charge in [-0.3, -0.25) is 4.79 Å². The third-order valence-electron chi connectivity index (χ3n) is 5.79. The van der Waals surface area contributed by atoms with E-state index in [1.165, 1.54) is 24.3 Å². The number of furan rings is 1. The Labute approximate surface area is 181 Å². The number of nitrogens with one attached hydrogen (secondary N) is 1. The molecule has 1 unspecified atom stereocenters. The molecule has 2 aromatic heterocycles. The van der Waals surface area contributed by atoms with E-state index in [-0.39, 0.29) is 28.9 Å². The van der Waals surface area contributed by atoms with Crippen LogP contribution in [0.1, 0.15) is 40.7 Å². The monoisotopic (exact) mass is 439 g/mol. The lowest BCUT2D eigenvalue weighted by Crippen LogP contribution is -2.39. The third-order valence-corrected chi connectivity index (χ3v) is 5.79. The van der Waals surface area contributed by atoms with Gasteiger partial charge in [-0.05, 0) is 49.2 Å². The third kappa shape index (κ3) is 3.88. The zero-order chi connectivity index (χ0) is 22.3. The van der Waals surface area contributed by atoms with E-state index in [1.807, 2.05) is 24.3 Å². The van der Waals surface area contributed by atoms with Crippen LogP contribution in [0.2, 0.25) is 0 Å². The van der Waals surface area contributed by atoms with Crippen LogP contribution < -0.4 is 0 Å². The van der Waals surface area contributed by atoms with Crippen molar-refractivity contribution in [1.29, 1.82) is 0 Å². The van der Waals surface area contributed by atoms with Crippen molar-refractivity contribution in [3.63, 3.8) is 0 Å². The number of aromatic nitrogens is 2. The summed E-state index contributed by atoms with van der Waals surface area (Å²) >= 11 is 0. The molecule has 4 aromatic rings. The highest BCUT2D eigenvalue weighted by Gasteiger charge is 2.31. The summed E-state index contributed by atoms with van der Waals surface area (Å²) in [6, 6.07) is 15.7. The second kappa shape index (κ2) is 7.85. The lowest BCUT2D eigenvalue weighted by Gasteiger charge is -2.31. The van der Waals surface area contributed by atoms with Gasteiger partial charge in [0, 0.05) is 24.6 Å². The Morgan fingerprint density at radius 1 is 1.09 bits per heavy atom. The van der Waals surface area contributed by atoms with Crippen LogP contribution in [0, 0.1) is 0 Å². The van der Waals surface area contributed by atoms with Gasteiger partial charge < -0.3 is 14.3 Å². The highest BCUT2D eigenvalue weighted by Crippen LogP contribution is 2.33. The van der Waals surface area contributed by atoms with Gasteiger partial charge in [-0.15, -0.1) is 0 Å². The average Bonchev–Trinajstić information content (AvgIpc) is 3.46. The maximum Gasteiger partial charge on any atom is 0.416 e. The molecule has 164 valence electrons. The van der Waals surface area contributed by atoms with Crippen molar-refractivity contribution in [2.45, 2.75) is 24.9 Å². The highest BCUT2D eigenvalue weighted by atomic mass is 19.4. The molecule has 5 nitrogen and oxygen atoms in total. The van der Waals surface area contributed by atoms with Crippen molar-refractivity contribution in [2.75, 3.05) is 13.1 Å². The summed E-state index contributed by atoms with van der Waals surface area (Å²) in [7, 11) is 0. The number of likely N-dealkylation sites (tertiary alicyclic amines) is 1. The molecule has 1 fully saturated rings. The molecule has 0 spiro atoms. The first kappa shape index (κ1) is 20.4. The summed E-state index contributed by atoms with van der Waals surface area (Å²) in [6.45, 7) is 1.09. The van der Waals surface area contributed by atoms with Crippen LogP contribution in [-0.2, 0) is 6.18 Å². The molecule has 0 radical (unpaired) electrons. The van der Waals surface area contributed by atoms with E-state index in [2.05, 4.69) is 9.97 Å². The van der Waals surface area contributed by atoms with Crippen molar-refractivity contribution < 1.29 is 22.4 Å². The van der Waals surface area contributed by atoms with Gasteiger partial charge in [-0.2, -0.15) is 13.2 Å². The number of hydrogen-bond acceptors (Lipinski definition) is 3. The Balaban J connectivity index is 1.34. The van der Waals surface area contributed by atoms with Crippen molar-refractivity contribution in [3.05, 3.63) is 77.8 Å². The minimum Gasteiger partial charge on any atom is -0.451 e. The molecule has 2 aromatic carbocycles.